The van der Waals surface area contributed by atoms with Crippen molar-refractivity contribution in [2.24, 2.45) is 5.92 Å². The second-order valence-corrected chi connectivity index (χ2v) is 8.60. The Morgan fingerprint density at radius 3 is 2.89 bits per heavy atom. The summed E-state index contributed by atoms with van der Waals surface area (Å²) in [5, 5.41) is 13.5. The zero-order valence-electron chi connectivity index (χ0n) is 15.5. The fourth-order valence-corrected chi connectivity index (χ4v) is 5.67. The van der Waals surface area contributed by atoms with Crippen molar-refractivity contribution in [3.05, 3.63) is 16.8 Å². The summed E-state index contributed by atoms with van der Waals surface area (Å²) in [5.74, 6) is 0.329. The van der Waals surface area contributed by atoms with E-state index in [0.29, 0.717) is 18.3 Å². The molecule has 0 spiro atoms. The Bertz CT molecular complexity index is 867. The van der Waals surface area contributed by atoms with Crippen LogP contribution < -0.4 is 10.1 Å². The molecule has 7 heteroatoms. The third kappa shape index (κ3) is 3.56. The van der Waals surface area contributed by atoms with Crippen LogP contribution in [0.15, 0.2) is 6.33 Å². The van der Waals surface area contributed by atoms with Crippen molar-refractivity contribution in [2.75, 3.05) is 7.05 Å². The standard InChI is InChI=1S/C20H24N4O2S/c1-22-14-3-5-15(6-4-14)26-19-18-17-13(8-12(9-21)10-25)2-7-16(17)27-20(18)24-11-23-19/h10-15,22H,2-8H2,1H3/t12?,13-,14?,15?/m1/s1. The summed E-state index contributed by atoms with van der Waals surface area (Å²) in [6.45, 7) is 0. The van der Waals surface area contributed by atoms with Crippen LogP contribution in [0.2, 0.25) is 0 Å². The van der Waals surface area contributed by atoms with Gasteiger partial charge in [0.25, 0.3) is 0 Å². The Kier molecular flexibility index (Phi) is 5.37. The van der Waals surface area contributed by atoms with Crippen molar-refractivity contribution < 1.29 is 9.53 Å². The number of nitrogens with zero attached hydrogens (tertiary/aromatic N) is 3. The van der Waals surface area contributed by atoms with Gasteiger partial charge in [0.15, 0.2) is 0 Å². The molecule has 2 aromatic heterocycles. The summed E-state index contributed by atoms with van der Waals surface area (Å²) in [4.78, 5) is 22.3. The molecule has 1 saturated carbocycles. The Labute approximate surface area is 163 Å². The second kappa shape index (κ2) is 7.91. The number of rotatable bonds is 6. The number of thiophene rings is 1. The van der Waals surface area contributed by atoms with Gasteiger partial charge >= 0.3 is 0 Å². The van der Waals surface area contributed by atoms with E-state index in [9.17, 15) is 10.1 Å². The van der Waals surface area contributed by atoms with Crippen molar-refractivity contribution in [2.45, 2.75) is 63.0 Å². The fraction of sp³-hybridized carbons (Fsp3) is 0.600. The van der Waals surface area contributed by atoms with Crippen molar-refractivity contribution in [1.82, 2.24) is 15.3 Å². The summed E-state index contributed by atoms with van der Waals surface area (Å²) in [7, 11) is 2.02. The molecule has 1 unspecified atom stereocenters. The highest BCUT2D eigenvalue weighted by molar-refractivity contribution is 7.19. The van der Waals surface area contributed by atoms with E-state index in [4.69, 9.17) is 4.74 Å². The first-order valence-electron chi connectivity index (χ1n) is 9.68. The van der Waals surface area contributed by atoms with Crippen molar-refractivity contribution in [1.29, 1.82) is 5.26 Å². The molecule has 27 heavy (non-hydrogen) atoms. The molecule has 6 nitrogen and oxygen atoms in total. The van der Waals surface area contributed by atoms with Crippen molar-refractivity contribution >= 4 is 27.8 Å². The number of fused-ring (bicyclic) bond motifs is 3. The summed E-state index contributed by atoms with van der Waals surface area (Å²) in [5.41, 5.74) is 1.22. The number of aldehydes is 1. The number of ether oxygens (including phenoxy) is 1. The molecule has 2 aliphatic carbocycles. The second-order valence-electron chi connectivity index (χ2n) is 7.52. The minimum Gasteiger partial charge on any atom is -0.474 e. The van der Waals surface area contributed by atoms with Gasteiger partial charge in [-0.05, 0) is 63.5 Å². The molecule has 2 aliphatic rings. The van der Waals surface area contributed by atoms with Gasteiger partial charge in [0.05, 0.1) is 11.5 Å². The van der Waals surface area contributed by atoms with Gasteiger partial charge in [-0.1, -0.05) is 0 Å². The smallest absolute Gasteiger partial charge is 0.225 e. The first kappa shape index (κ1) is 18.3. The number of aryl methyl sites for hydroxylation is 1. The molecule has 142 valence electrons. The van der Waals surface area contributed by atoms with Gasteiger partial charge < -0.3 is 14.8 Å². The highest BCUT2D eigenvalue weighted by Crippen LogP contribution is 2.48. The van der Waals surface area contributed by atoms with Crippen molar-refractivity contribution in [3.63, 3.8) is 0 Å². The number of aromatic nitrogens is 2. The van der Waals surface area contributed by atoms with Crippen LogP contribution in [0.3, 0.4) is 0 Å². The van der Waals surface area contributed by atoms with Gasteiger partial charge in [0.2, 0.25) is 5.88 Å². The van der Waals surface area contributed by atoms with Gasteiger partial charge in [-0.15, -0.1) is 11.3 Å². The van der Waals surface area contributed by atoms with Gasteiger partial charge in [0.1, 0.15) is 29.5 Å². The quantitative estimate of drug-likeness (QED) is 0.769. The van der Waals surface area contributed by atoms with E-state index < -0.39 is 5.92 Å². The molecule has 2 heterocycles. The van der Waals surface area contributed by atoms with E-state index in [0.717, 1.165) is 55.0 Å². The maximum absolute atomic E-state index is 11.1. The fourth-order valence-electron chi connectivity index (χ4n) is 4.44. The van der Waals surface area contributed by atoms with Gasteiger partial charge in [-0.3, -0.25) is 0 Å². The molecule has 2 atom stereocenters. The highest BCUT2D eigenvalue weighted by Gasteiger charge is 2.32. The molecule has 0 bridgehead atoms. The Balaban J connectivity index is 1.61. The highest BCUT2D eigenvalue weighted by atomic mass is 32.1. The normalized spacial score (nSPS) is 25.7. The maximum atomic E-state index is 11.1. The molecule has 0 amide bonds. The maximum Gasteiger partial charge on any atom is 0.225 e. The van der Waals surface area contributed by atoms with Crippen LogP contribution in [0.5, 0.6) is 5.88 Å². The van der Waals surface area contributed by atoms with E-state index >= 15 is 0 Å². The van der Waals surface area contributed by atoms with E-state index in [2.05, 4.69) is 21.4 Å². The van der Waals surface area contributed by atoms with Crippen LogP contribution in [0.1, 0.15) is 54.9 Å². The summed E-state index contributed by atoms with van der Waals surface area (Å²) in [6.07, 6.45) is 9.33. The first-order valence-corrected chi connectivity index (χ1v) is 10.5. The molecule has 1 N–H and O–H groups in total. The molecule has 0 aromatic carbocycles. The van der Waals surface area contributed by atoms with Crippen LogP contribution in [-0.4, -0.2) is 35.4 Å². The van der Waals surface area contributed by atoms with Crippen LogP contribution in [0, 0.1) is 17.2 Å². The average molecular weight is 385 g/mol. The Hall–Kier alpha value is -2.04. The number of hydrogen-bond donors (Lipinski definition) is 1. The van der Waals surface area contributed by atoms with Gasteiger partial charge in [0, 0.05) is 10.9 Å². The number of nitriles is 1. The van der Waals surface area contributed by atoms with Gasteiger partial charge in [-0.2, -0.15) is 5.26 Å². The minimum atomic E-state index is -0.554. The molecular formula is C20H24N4O2S. The monoisotopic (exact) mass is 384 g/mol. The zero-order valence-corrected chi connectivity index (χ0v) is 16.3. The van der Waals surface area contributed by atoms with Crippen molar-refractivity contribution in [3.8, 4) is 11.9 Å². The number of nitrogens with one attached hydrogen (secondary N) is 1. The zero-order chi connectivity index (χ0) is 18.8. The lowest BCUT2D eigenvalue weighted by molar-refractivity contribution is -0.110. The lowest BCUT2D eigenvalue weighted by Gasteiger charge is -2.28. The van der Waals surface area contributed by atoms with Crippen LogP contribution in [-0.2, 0) is 11.2 Å². The molecule has 1 fully saturated rings. The average Bonchev–Trinajstić information content (AvgIpc) is 3.26. The predicted octanol–water partition coefficient (Wildman–Crippen LogP) is 3.36. The van der Waals surface area contributed by atoms with Crippen LogP contribution in [0.25, 0.3) is 10.2 Å². The van der Waals surface area contributed by atoms with E-state index in [1.165, 1.54) is 10.4 Å². The minimum absolute atomic E-state index is 0.185. The first-order chi connectivity index (χ1) is 13.2. The third-order valence-corrected chi connectivity index (χ3v) is 7.10. The topological polar surface area (TPSA) is 87.9 Å². The lowest BCUT2D eigenvalue weighted by atomic mass is 9.91. The third-order valence-electron chi connectivity index (χ3n) is 5.92. The number of hydrogen-bond acceptors (Lipinski definition) is 7. The SMILES string of the molecule is CNC1CCC(Oc2ncnc3sc4c(c23)[C@@H](CC(C#N)C=O)CC4)CC1. The molecule has 4 rings (SSSR count). The molecule has 0 radical (unpaired) electrons. The van der Waals surface area contributed by atoms with E-state index in [1.807, 2.05) is 7.05 Å². The van der Waals surface area contributed by atoms with Gasteiger partial charge in [-0.25, -0.2) is 9.97 Å². The Morgan fingerprint density at radius 2 is 2.19 bits per heavy atom. The summed E-state index contributed by atoms with van der Waals surface area (Å²) >= 11 is 1.70. The Morgan fingerprint density at radius 1 is 1.37 bits per heavy atom. The molecule has 0 saturated heterocycles. The van der Waals surface area contributed by atoms with E-state index in [-0.39, 0.29) is 12.0 Å². The number of carbonyl (C=O) groups excluding carboxylic acids is 1. The summed E-state index contributed by atoms with van der Waals surface area (Å²) < 4.78 is 6.34. The molecule has 2 aromatic rings. The van der Waals surface area contributed by atoms with E-state index in [1.54, 1.807) is 17.7 Å². The van der Waals surface area contributed by atoms with Crippen LogP contribution >= 0.6 is 11.3 Å². The molecular weight excluding hydrogens is 360 g/mol. The lowest BCUT2D eigenvalue weighted by Crippen LogP contribution is -2.34. The molecule has 0 aliphatic heterocycles. The predicted molar refractivity (Wildman–Crippen MR) is 104 cm³/mol. The summed E-state index contributed by atoms with van der Waals surface area (Å²) in [6, 6.07) is 2.69. The largest absolute Gasteiger partial charge is 0.474 e. The van der Waals surface area contributed by atoms with Crippen LogP contribution in [0.4, 0.5) is 0 Å². The number of carbonyl (C=O) groups is 1.